The molecular weight excluding hydrogens is 352 g/mol. The molecule has 1 aliphatic heterocycles. The smallest absolute Gasteiger partial charge is 0.274 e. The Balaban J connectivity index is 1.46. The predicted octanol–water partition coefficient (Wildman–Crippen LogP) is 3.92. The van der Waals surface area contributed by atoms with Crippen LogP contribution in [0.4, 0.5) is 17.1 Å². The molecule has 6 nitrogen and oxygen atoms in total. The van der Waals surface area contributed by atoms with Crippen LogP contribution in [-0.4, -0.2) is 43.2 Å². The second kappa shape index (κ2) is 9.06. The maximum absolute atomic E-state index is 12.8. The number of para-hydroxylation sites is 2. The summed E-state index contributed by atoms with van der Waals surface area (Å²) in [5, 5.41) is 6.60. The molecule has 0 radical (unpaired) electrons. The zero-order chi connectivity index (χ0) is 19.2. The molecule has 0 unspecified atom stereocenters. The van der Waals surface area contributed by atoms with Crippen LogP contribution < -0.4 is 15.5 Å². The van der Waals surface area contributed by atoms with Gasteiger partial charge in [0, 0.05) is 31.0 Å². The Bertz CT molecular complexity index is 799. The molecule has 6 heteroatoms. The lowest BCUT2D eigenvalue weighted by Crippen LogP contribution is -2.36. The zero-order valence-corrected chi connectivity index (χ0v) is 16.2. The number of anilines is 3. The molecule has 2 aliphatic rings. The summed E-state index contributed by atoms with van der Waals surface area (Å²) in [5.74, 6) is -0.187. The van der Waals surface area contributed by atoms with Gasteiger partial charge in [0.15, 0.2) is 0 Å². The zero-order valence-electron chi connectivity index (χ0n) is 16.2. The summed E-state index contributed by atoms with van der Waals surface area (Å²) in [5.41, 5.74) is 3.23. The number of nitrogens with zero attached hydrogens (tertiary/aromatic N) is 2. The Labute approximate surface area is 166 Å². The molecule has 0 spiro atoms. The van der Waals surface area contributed by atoms with E-state index in [1.54, 1.807) is 6.20 Å². The van der Waals surface area contributed by atoms with Gasteiger partial charge in [-0.15, -0.1) is 0 Å². The fourth-order valence-corrected chi connectivity index (χ4v) is 3.97. The molecule has 1 aromatic carbocycles. The van der Waals surface area contributed by atoms with Crippen molar-refractivity contribution in [3.8, 4) is 0 Å². The van der Waals surface area contributed by atoms with Crippen molar-refractivity contribution < 1.29 is 9.53 Å². The average molecular weight is 380 g/mol. The van der Waals surface area contributed by atoms with Gasteiger partial charge in [-0.1, -0.05) is 31.4 Å². The molecule has 4 rings (SSSR count). The molecule has 28 heavy (non-hydrogen) atoms. The van der Waals surface area contributed by atoms with E-state index >= 15 is 0 Å². The number of pyridine rings is 1. The SMILES string of the molecule is O=C(Nc1ccccc1N1CCOCC1)c1cc(NC2CCCCC2)ccn1. The molecule has 148 valence electrons. The normalized spacial score (nSPS) is 17.9. The summed E-state index contributed by atoms with van der Waals surface area (Å²) in [4.78, 5) is 19.4. The lowest BCUT2D eigenvalue weighted by Gasteiger charge is -2.30. The lowest BCUT2D eigenvalue weighted by atomic mass is 9.95. The second-order valence-corrected chi connectivity index (χ2v) is 7.48. The van der Waals surface area contributed by atoms with E-state index in [2.05, 4.69) is 20.5 Å². The van der Waals surface area contributed by atoms with Gasteiger partial charge in [-0.05, 0) is 37.1 Å². The first-order valence-electron chi connectivity index (χ1n) is 10.3. The van der Waals surface area contributed by atoms with E-state index in [1.807, 2.05) is 36.4 Å². The van der Waals surface area contributed by atoms with Gasteiger partial charge < -0.3 is 20.3 Å². The first kappa shape index (κ1) is 18.7. The van der Waals surface area contributed by atoms with E-state index in [-0.39, 0.29) is 5.91 Å². The Morgan fingerprint density at radius 2 is 1.86 bits per heavy atom. The Morgan fingerprint density at radius 1 is 1.07 bits per heavy atom. The minimum absolute atomic E-state index is 0.187. The number of benzene rings is 1. The van der Waals surface area contributed by atoms with Crippen LogP contribution in [0.25, 0.3) is 0 Å². The quantitative estimate of drug-likeness (QED) is 0.823. The van der Waals surface area contributed by atoms with Crippen LogP contribution in [0.2, 0.25) is 0 Å². The maximum Gasteiger partial charge on any atom is 0.274 e. The highest BCUT2D eigenvalue weighted by Gasteiger charge is 2.18. The first-order chi connectivity index (χ1) is 13.8. The standard InChI is InChI=1S/C22H28N4O2/c27-22(20-16-18(10-11-23-20)24-17-6-2-1-3-7-17)25-19-8-4-5-9-21(19)26-12-14-28-15-13-26/h4-5,8-11,16-17H,1-3,6-7,12-15H2,(H,23,24)(H,25,27). The molecule has 1 saturated heterocycles. The minimum Gasteiger partial charge on any atom is -0.382 e. The van der Waals surface area contributed by atoms with Gasteiger partial charge in [-0.25, -0.2) is 0 Å². The molecule has 1 amide bonds. The molecule has 1 saturated carbocycles. The predicted molar refractivity (Wildman–Crippen MR) is 112 cm³/mol. The average Bonchev–Trinajstić information content (AvgIpc) is 2.76. The van der Waals surface area contributed by atoms with Crippen molar-refractivity contribution in [2.45, 2.75) is 38.1 Å². The molecular formula is C22H28N4O2. The monoisotopic (exact) mass is 380 g/mol. The van der Waals surface area contributed by atoms with Gasteiger partial charge in [-0.3, -0.25) is 9.78 Å². The largest absolute Gasteiger partial charge is 0.382 e. The number of carbonyl (C=O) groups excluding carboxylic acids is 1. The number of carbonyl (C=O) groups is 1. The van der Waals surface area contributed by atoms with Crippen LogP contribution in [0.1, 0.15) is 42.6 Å². The van der Waals surface area contributed by atoms with Crippen molar-refractivity contribution in [2.75, 3.05) is 41.8 Å². The molecule has 1 aliphatic carbocycles. The molecule has 0 bridgehead atoms. The Kier molecular flexibility index (Phi) is 6.07. The summed E-state index contributed by atoms with van der Waals surface area (Å²) >= 11 is 0. The summed E-state index contributed by atoms with van der Waals surface area (Å²) in [6.07, 6.45) is 7.95. The van der Waals surface area contributed by atoms with E-state index in [4.69, 9.17) is 4.74 Å². The number of amides is 1. The highest BCUT2D eigenvalue weighted by atomic mass is 16.5. The van der Waals surface area contributed by atoms with Crippen LogP contribution in [0, 0.1) is 0 Å². The van der Waals surface area contributed by atoms with Crippen molar-refractivity contribution in [1.82, 2.24) is 4.98 Å². The molecule has 2 aromatic rings. The van der Waals surface area contributed by atoms with Gasteiger partial charge in [0.05, 0.1) is 24.6 Å². The fourth-order valence-electron chi connectivity index (χ4n) is 3.97. The molecule has 2 N–H and O–H groups in total. The van der Waals surface area contributed by atoms with E-state index < -0.39 is 0 Å². The van der Waals surface area contributed by atoms with Gasteiger partial charge >= 0.3 is 0 Å². The van der Waals surface area contributed by atoms with Crippen LogP contribution in [0.5, 0.6) is 0 Å². The van der Waals surface area contributed by atoms with E-state index in [0.29, 0.717) is 24.9 Å². The number of hydrogen-bond donors (Lipinski definition) is 2. The third-order valence-corrected chi connectivity index (χ3v) is 5.47. The second-order valence-electron chi connectivity index (χ2n) is 7.48. The van der Waals surface area contributed by atoms with E-state index in [1.165, 1.54) is 32.1 Å². The first-order valence-corrected chi connectivity index (χ1v) is 10.3. The molecule has 2 heterocycles. The van der Waals surface area contributed by atoms with Gasteiger partial charge in [-0.2, -0.15) is 0 Å². The number of hydrogen-bond acceptors (Lipinski definition) is 5. The fraction of sp³-hybridized carbons (Fsp3) is 0.455. The minimum atomic E-state index is -0.187. The van der Waals surface area contributed by atoms with Gasteiger partial charge in [0.2, 0.25) is 0 Å². The maximum atomic E-state index is 12.8. The van der Waals surface area contributed by atoms with Crippen LogP contribution in [0.3, 0.4) is 0 Å². The van der Waals surface area contributed by atoms with Crippen LogP contribution in [-0.2, 0) is 4.74 Å². The van der Waals surface area contributed by atoms with Crippen molar-refractivity contribution in [3.63, 3.8) is 0 Å². The number of ether oxygens (including phenoxy) is 1. The third-order valence-electron chi connectivity index (χ3n) is 5.47. The van der Waals surface area contributed by atoms with Crippen molar-refractivity contribution in [3.05, 3.63) is 48.3 Å². The van der Waals surface area contributed by atoms with E-state index in [9.17, 15) is 4.79 Å². The molecule has 1 aromatic heterocycles. The number of rotatable bonds is 5. The van der Waals surface area contributed by atoms with Gasteiger partial charge in [0.1, 0.15) is 5.69 Å². The summed E-state index contributed by atoms with van der Waals surface area (Å²) in [6, 6.07) is 12.2. The van der Waals surface area contributed by atoms with E-state index in [0.717, 1.165) is 30.2 Å². The number of aromatic nitrogens is 1. The Morgan fingerprint density at radius 3 is 2.68 bits per heavy atom. The van der Waals surface area contributed by atoms with Crippen molar-refractivity contribution in [1.29, 1.82) is 0 Å². The van der Waals surface area contributed by atoms with Crippen LogP contribution >= 0.6 is 0 Å². The van der Waals surface area contributed by atoms with Gasteiger partial charge in [0.25, 0.3) is 5.91 Å². The van der Waals surface area contributed by atoms with Crippen molar-refractivity contribution in [2.24, 2.45) is 0 Å². The number of morpholine rings is 1. The lowest BCUT2D eigenvalue weighted by molar-refractivity contribution is 0.102. The summed E-state index contributed by atoms with van der Waals surface area (Å²) in [6.45, 7) is 3.06. The Hall–Kier alpha value is -2.60. The molecule has 2 fully saturated rings. The van der Waals surface area contributed by atoms with Crippen LogP contribution in [0.15, 0.2) is 42.6 Å². The summed E-state index contributed by atoms with van der Waals surface area (Å²) in [7, 11) is 0. The molecule has 0 atom stereocenters. The highest BCUT2D eigenvalue weighted by molar-refractivity contribution is 6.05. The highest BCUT2D eigenvalue weighted by Crippen LogP contribution is 2.27. The third kappa shape index (κ3) is 4.62. The number of nitrogens with one attached hydrogen (secondary N) is 2. The summed E-state index contributed by atoms with van der Waals surface area (Å²) < 4.78 is 5.44. The van der Waals surface area contributed by atoms with Crippen molar-refractivity contribution >= 4 is 23.0 Å². The topological polar surface area (TPSA) is 66.5 Å².